The minimum absolute atomic E-state index is 0.102. The third kappa shape index (κ3) is 3.38. The monoisotopic (exact) mass is 407 g/mol. The van der Waals surface area contributed by atoms with E-state index in [0.717, 1.165) is 11.3 Å². The number of aromatic amines is 1. The zero-order valence-electron chi connectivity index (χ0n) is 16.3. The van der Waals surface area contributed by atoms with Crippen molar-refractivity contribution in [2.45, 2.75) is 0 Å². The molecule has 0 aliphatic rings. The number of hydrogen-bond donors (Lipinski definition) is 2. The van der Waals surface area contributed by atoms with Crippen LogP contribution < -0.4 is 5.56 Å². The van der Waals surface area contributed by atoms with Gasteiger partial charge in [0, 0.05) is 5.56 Å². The highest BCUT2D eigenvalue weighted by Crippen LogP contribution is 2.37. The molecule has 0 aliphatic heterocycles. The highest BCUT2D eigenvalue weighted by molar-refractivity contribution is 6.00. The summed E-state index contributed by atoms with van der Waals surface area (Å²) in [5.41, 5.74) is 2.74. The summed E-state index contributed by atoms with van der Waals surface area (Å²) in [5.74, 6) is -0.380. The highest BCUT2D eigenvalue weighted by atomic mass is 16.3. The van der Waals surface area contributed by atoms with E-state index in [4.69, 9.17) is 0 Å². The van der Waals surface area contributed by atoms with Crippen LogP contribution in [-0.4, -0.2) is 19.9 Å². The molecule has 7 nitrogen and oxygen atoms in total. The molecular formula is C24H17N5O2. The van der Waals surface area contributed by atoms with E-state index in [1.54, 1.807) is 16.8 Å². The van der Waals surface area contributed by atoms with Gasteiger partial charge in [0.15, 0.2) is 5.69 Å². The van der Waals surface area contributed by atoms with Crippen molar-refractivity contribution in [3.05, 3.63) is 101 Å². The maximum absolute atomic E-state index is 12.9. The molecule has 7 heteroatoms. The molecule has 0 bridgehead atoms. The molecule has 0 unspecified atom stereocenters. The van der Waals surface area contributed by atoms with Gasteiger partial charge >= 0.3 is 0 Å². The Morgan fingerprint density at radius 2 is 1.42 bits per heavy atom. The Labute approximate surface area is 177 Å². The molecule has 0 amide bonds. The molecule has 0 spiro atoms. The Kier molecular flexibility index (Phi) is 4.61. The number of nitrogens with zero attached hydrogens (tertiary/aromatic N) is 4. The summed E-state index contributed by atoms with van der Waals surface area (Å²) in [6.45, 7) is 0. The number of hydrogen-bond acceptors (Lipinski definition) is 5. The van der Waals surface area contributed by atoms with Gasteiger partial charge in [-0.25, -0.2) is 4.68 Å². The molecular weight excluding hydrogens is 390 g/mol. The molecule has 0 radical (unpaired) electrons. The zero-order valence-corrected chi connectivity index (χ0v) is 16.3. The van der Waals surface area contributed by atoms with Crippen LogP contribution in [0, 0.1) is 0 Å². The van der Waals surface area contributed by atoms with E-state index in [0.29, 0.717) is 16.8 Å². The first-order valence-electron chi connectivity index (χ1n) is 9.68. The number of H-pyrrole nitrogens is 1. The molecule has 0 atom stereocenters. The van der Waals surface area contributed by atoms with E-state index < -0.39 is 5.56 Å². The van der Waals surface area contributed by atoms with Crippen LogP contribution in [0.15, 0.2) is 106 Å². The minimum Gasteiger partial charge on any atom is -0.493 e. The lowest BCUT2D eigenvalue weighted by atomic mass is 10.1. The highest BCUT2D eigenvalue weighted by Gasteiger charge is 2.22. The normalized spacial score (nSPS) is 11.4. The topological polar surface area (TPSA) is 95.6 Å². The Morgan fingerprint density at radius 3 is 2.10 bits per heavy atom. The number of rotatable bonds is 4. The number of pyridine rings is 1. The van der Waals surface area contributed by atoms with Crippen molar-refractivity contribution in [2.75, 3.05) is 0 Å². The molecule has 31 heavy (non-hydrogen) atoms. The maximum Gasteiger partial charge on any atom is 0.262 e. The van der Waals surface area contributed by atoms with Crippen LogP contribution in [0.2, 0.25) is 0 Å². The summed E-state index contributed by atoms with van der Waals surface area (Å²) in [4.78, 5) is 15.4. The van der Waals surface area contributed by atoms with E-state index in [2.05, 4.69) is 20.3 Å². The van der Waals surface area contributed by atoms with Gasteiger partial charge in [-0.2, -0.15) is 10.2 Å². The Bertz CT molecular complexity index is 1440. The molecule has 0 fully saturated rings. The quantitative estimate of drug-likeness (QED) is 0.385. The molecule has 0 aliphatic carbocycles. The molecule has 150 valence electrons. The minimum atomic E-state index is -0.452. The van der Waals surface area contributed by atoms with Crippen molar-refractivity contribution in [1.29, 1.82) is 0 Å². The van der Waals surface area contributed by atoms with Crippen molar-refractivity contribution in [1.82, 2.24) is 14.8 Å². The van der Waals surface area contributed by atoms with Gasteiger partial charge in [-0.15, -0.1) is 5.11 Å². The SMILES string of the molecule is O=c1[nH]c(O)c(N=Nc2ccccc2)c2nn(-c3ccccc3)c(-c3ccccc3)c12. The van der Waals surface area contributed by atoms with Crippen molar-refractivity contribution >= 4 is 22.3 Å². The van der Waals surface area contributed by atoms with Crippen LogP contribution in [0.1, 0.15) is 0 Å². The standard InChI is InChI=1S/C24H17N5O2/c30-23-19-20(21(24(31)25-23)27-26-17-12-6-2-7-13-17)28-29(18-14-8-3-9-15-18)22(19)16-10-4-1-5-11-16/h1-15,31H,(H,25,30). The molecule has 2 heterocycles. The summed E-state index contributed by atoms with van der Waals surface area (Å²) in [6.07, 6.45) is 0. The second-order valence-electron chi connectivity index (χ2n) is 6.87. The molecule has 3 aromatic carbocycles. The smallest absolute Gasteiger partial charge is 0.262 e. The predicted molar refractivity (Wildman–Crippen MR) is 119 cm³/mol. The molecule has 5 rings (SSSR count). The van der Waals surface area contributed by atoms with Crippen LogP contribution in [-0.2, 0) is 0 Å². The van der Waals surface area contributed by atoms with E-state index in [1.165, 1.54) is 0 Å². The predicted octanol–water partition coefficient (Wildman–Crippen LogP) is 5.50. The van der Waals surface area contributed by atoms with Gasteiger partial charge in [0.2, 0.25) is 5.88 Å². The Balaban J connectivity index is 1.82. The van der Waals surface area contributed by atoms with Gasteiger partial charge in [0.05, 0.1) is 22.5 Å². The van der Waals surface area contributed by atoms with Crippen LogP contribution in [0.4, 0.5) is 11.4 Å². The Morgan fingerprint density at radius 1 is 0.806 bits per heavy atom. The average Bonchev–Trinajstić information content (AvgIpc) is 3.22. The second-order valence-corrected chi connectivity index (χ2v) is 6.87. The molecule has 2 N–H and O–H groups in total. The lowest BCUT2D eigenvalue weighted by molar-refractivity contribution is 0.454. The Hall–Kier alpha value is -4.52. The largest absolute Gasteiger partial charge is 0.493 e. The first-order chi connectivity index (χ1) is 15.2. The van der Waals surface area contributed by atoms with E-state index in [1.807, 2.05) is 78.9 Å². The van der Waals surface area contributed by atoms with Crippen molar-refractivity contribution in [3.8, 4) is 22.8 Å². The summed E-state index contributed by atoms with van der Waals surface area (Å²) in [7, 11) is 0. The lowest BCUT2D eigenvalue weighted by Gasteiger charge is -2.07. The summed E-state index contributed by atoms with van der Waals surface area (Å²) in [5, 5.41) is 23.9. The van der Waals surface area contributed by atoms with Gasteiger partial charge in [0.25, 0.3) is 5.56 Å². The number of aromatic nitrogens is 3. The van der Waals surface area contributed by atoms with Crippen LogP contribution in [0.3, 0.4) is 0 Å². The van der Waals surface area contributed by atoms with Crippen LogP contribution in [0.25, 0.3) is 27.8 Å². The van der Waals surface area contributed by atoms with Gasteiger partial charge in [0.1, 0.15) is 5.52 Å². The fourth-order valence-corrected chi connectivity index (χ4v) is 3.46. The van der Waals surface area contributed by atoms with Crippen LogP contribution in [0.5, 0.6) is 5.88 Å². The van der Waals surface area contributed by atoms with E-state index in [9.17, 15) is 9.90 Å². The lowest BCUT2D eigenvalue weighted by Crippen LogP contribution is -2.06. The second kappa shape index (κ2) is 7.72. The number of para-hydroxylation sites is 1. The van der Waals surface area contributed by atoms with Gasteiger partial charge in [-0.3, -0.25) is 9.78 Å². The fourth-order valence-electron chi connectivity index (χ4n) is 3.46. The molecule has 0 saturated carbocycles. The number of aromatic hydroxyl groups is 1. The number of benzene rings is 3. The third-order valence-electron chi connectivity index (χ3n) is 4.86. The van der Waals surface area contributed by atoms with Crippen molar-refractivity contribution in [2.24, 2.45) is 10.2 Å². The summed E-state index contributed by atoms with van der Waals surface area (Å²) < 4.78 is 1.69. The fraction of sp³-hybridized carbons (Fsp3) is 0. The van der Waals surface area contributed by atoms with E-state index >= 15 is 0 Å². The molecule has 0 saturated heterocycles. The van der Waals surface area contributed by atoms with Crippen molar-refractivity contribution < 1.29 is 5.11 Å². The van der Waals surface area contributed by atoms with Gasteiger partial charge in [-0.1, -0.05) is 66.7 Å². The summed E-state index contributed by atoms with van der Waals surface area (Å²) >= 11 is 0. The first-order valence-corrected chi connectivity index (χ1v) is 9.68. The number of fused-ring (bicyclic) bond motifs is 1. The first kappa shape index (κ1) is 18.5. The molecule has 2 aromatic heterocycles. The van der Waals surface area contributed by atoms with Crippen LogP contribution >= 0.6 is 0 Å². The maximum atomic E-state index is 12.9. The van der Waals surface area contributed by atoms with Crippen molar-refractivity contribution in [3.63, 3.8) is 0 Å². The van der Waals surface area contributed by atoms with Gasteiger partial charge < -0.3 is 5.11 Å². The number of nitrogens with one attached hydrogen (secondary N) is 1. The zero-order chi connectivity index (χ0) is 21.2. The average molecular weight is 407 g/mol. The third-order valence-corrected chi connectivity index (χ3v) is 4.86. The summed E-state index contributed by atoms with van der Waals surface area (Å²) in [6, 6.07) is 28.2. The van der Waals surface area contributed by atoms with E-state index in [-0.39, 0.29) is 17.1 Å². The molecule has 5 aromatic rings. The number of azo groups is 1. The van der Waals surface area contributed by atoms with Gasteiger partial charge in [-0.05, 0) is 24.3 Å².